The summed E-state index contributed by atoms with van der Waals surface area (Å²) in [5.41, 5.74) is 0. The second-order valence-corrected chi connectivity index (χ2v) is 15.5. The van der Waals surface area contributed by atoms with E-state index in [1.807, 2.05) is 6.08 Å². The van der Waals surface area contributed by atoms with Crippen molar-refractivity contribution in [3.63, 3.8) is 0 Å². The van der Waals surface area contributed by atoms with Crippen LogP contribution < -0.4 is 5.32 Å². The third-order valence-electron chi connectivity index (χ3n) is 10.2. The van der Waals surface area contributed by atoms with E-state index in [0.29, 0.717) is 6.42 Å². The van der Waals surface area contributed by atoms with Crippen LogP contribution in [0.3, 0.4) is 0 Å². The van der Waals surface area contributed by atoms with Crippen molar-refractivity contribution in [3.8, 4) is 0 Å². The van der Waals surface area contributed by atoms with Gasteiger partial charge in [0, 0.05) is 6.42 Å². The number of hydrogen-bond acceptors (Lipinski definition) is 3. The van der Waals surface area contributed by atoms with Crippen LogP contribution in [-0.4, -0.2) is 34.9 Å². The molecule has 0 saturated carbocycles. The first-order valence-electron chi connectivity index (χ1n) is 23.0. The highest BCUT2D eigenvalue weighted by Crippen LogP contribution is 2.14. The molecule has 0 rings (SSSR count). The van der Waals surface area contributed by atoms with Crippen molar-refractivity contribution in [1.29, 1.82) is 0 Å². The number of unbranched alkanes of at least 4 members (excludes halogenated alkanes) is 26. The van der Waals surface area contributed by atoms with Crippen LogP contribution in [0.5, 0.6) is 0 Å². The number of aliphatic hydroxyl groups excluding tert-OH is 2. The van der Waals surface area contributed by atoms with Gasteiger partial charge in [0.2, 0.25) is 5.91 Å². The summed E-state index contributed by atoms with van der Waals surface area (Å²) < 4.78 is 0. The monoisotopic (exact) mass is 740 g/mol. The standard InChI is InChI=1S/C49H89NO3/c1-3-5-7-9-11-13-15-17-19-21-23-24-25-26-27-29-31-33-35-37-39-41-43-45-49(53)50-47(46-51)48(52)44-42-40-38-36-34-32-30-28-22-20-18-16-14-12-10-8-6-4-2/h15,17,21,23,25-26,34,36,42,44,47-48,51-52H,3-14,16,18-20,22,24,27-33,35,37-41,43,45-46H2,1-2H3,(H,50,53)/b17-15-,23-21-,26-25-,36-34+,44-42+. The number of carbonyl (C=O) groups is 1. The molecule has 2 unspecified atom stereocenters. The fraction of sp³-hybridized carbons (Fsp3) is 0.776. The molecule has 3 N–H and O–H groups in total. The largest absolute Gasteiger partial charge is 0.394 e. The normalized spacial score (nSPS) is 13.5. The summed E-state index contributed by atoms with van der Waals surface area (Å²) in [7, 11) is 0. The maximum Gasteiger partial charge on any atom is 0.220 e. The first-order chi connectivity index (χ1) is 26.2. The molecule has 4 nitrogen and oxygen atoms in total. The Bertz CT molecular complexity index is 888. The molecular weight excluding hydrogens is 651 g/mol. The minimum absolute atomic E-state index is 0.0823. The Hall–Kier alpha value is -1.91. The zero-order valence-corrected chi connectivity index (χ0v) is 35.3. The van der Waals surface area contributed by atoms with E-state index in [0.717, 1.165) is 51.4 Å². The van der Waals surface area contributed by atoms with E-state index in [1.165, 1.54) is 154 Å². The summed E-state index contributed by atoms with van der Waals surface area (Å²) in [6.07, 6.45) is 61.9. The summed E-state index contributed by atoms with van der Waals surface area (Å²) >= 11 is 0. The molecule has 53 heavy (non-hydrogen) atoms. The topological polar surface area (TPSA) is 69.6 Å². The van der Waals surface area contributed by atoms with Crippen LogP contribution in [0.2, 0.25) is 0 Å². The average Bonchev–Trinajstić information content (AvgIpc) is 3.16. The van der Waals surface area contributed by atoms with Gasteiger partial charge < -0.3 is 15.5 Å². The van der Waals surface area contributed by atoms with Crippen LogP contribution in [0, 0.1) is 0 Å². The molecule has 0 saturated heterocycles. The van der Waals surface area contributed by atoms with E-state index in [-0.39, 0.29) is 12.5 Å². The Morgan fingerprint density at radius 2 is 0.792 bits per heavy atom. The summed E-state index contributed by atoms with van der Waals surface area (Å²) in [6.45, 7) is 4.28. The first-order valence-corrected chi connectivity index (χ1v) is 23.0. The Labute approximate surface area is 330 Å². The molecule has 0 aliphatic carbocycles. The van der Waals surface area contributed by atoms with Gasteiger partial charge in [-0.25, -0.2) is 0 Å². The van der Waals surface area contributed by atoms with Crippen molar-refractivity contribution < 1.29 is 15.0 Å². The van der Waals surface area contributed by atoms with Gasteiger partial charge in [0.1, 0.15) is 0 Å². The lowest BCUT2D eigenvalue weighted by molar-refractivity contribution is -0.123. The number of aliphatic hydroxyl groups is 2. The van der Waals surface area contributed by atoms with Crippen molar-refractivity contribution in [1.82, 2.24) is 5.32 Å². The predicted octanol–water partition coefficient (Wildman–Crippen LogP) is 14.5. The second-order valence-electron chi connectivity index (χ2n) is 15.5. The zero-order chi connectivity index (χ0) is 38.6. The van der Waals surface area contributed by atoms with Gasteiger partial charge in [-0.1, -0.05) is 209 Å². The molecule has 0 bridgehead atoms. The highest BCUT2D eigenvalue weighted by atomic mass is 16.3. The van der Waals surface area contributed by atoms with Gasteiger partial charge in [-0.05, 0) is 70.6 Å². The highest BCUT2D eigenvalue weighted by molar-refractivity contribution is 5.76. The van der Waals surface area contributed by atoms with Gasteiger partial charge in [0.25, 0.3) is 0 Å². The average molecular weight is 740 g/mol. The summed E-state index contributed by atoms with van der Waals surface area (Å²) in [5, 5.41) is 23.0. The first kappa shape index (κ1) is 51.1. The van der Waals surface area contributed by atoms with Gasteiger partial charge in [0.05, 0.1) is 18.8 Å². The fourth-order valence-electron chi connectivity index (χ4n) is 6.67. The Morgan fingerprint density at radius 3 is 1.23 bits per heavy atom. The number of amides is 1. The molecule has 0 spiro atoms. The number of carbonyl (C=O) groups excluding carboxylic acids is 1. The highest BCUT2D eigenvalue weighted by Gasteiger charge is 2.17. The molecule has 0 aromatic rings. The molecule has 0 aliphatic heterocycles. The lowest BCUT2D eigenvalue weighted by Gasteiger charge is -2.19. The van der Waals surface area contributed by atoms with Crippen LogP contribution in [-0.2, 0) is 4.79 Å². The molecule has 0 aromatic heterocycles. The van der Waals surface area contributed by atoms with Crippen molar-refractivity contribution in [2.75, 3.05) is 6.61 Å². The molecule has 0 aromatic carbocycles. The number of hydrogen-bond donors (Lipinski definition) is 3. The molecule has 1 amide bonds. The summed E-state index contributed by atoms with van der Waals surface area (Å²) in [5.74, 6) is -0.0823. The fourth-order valence-corrected chi connectivity index (χ4v) is 6.67. The van der Waals surface area contributed by atoms with Crippen molar-refractivity contribution in [2.45, 2.75) is 238 Å². The summed E-state index contributed by atoms with van der Waals surface area (Å²) in [6, 6.07) is -0.645. The SMILES string of the molecule is CCCCCCC/C=C\C/C=C\C/C=C\CCCCCCCCCCC(=O)NC(CO)C(O)/C=C/CC/C=C/CCCCCCCCCCCCCC. The Morgan fingerprint density at radius 1 is 0.453 bits per heavy atom. The minimum atomic E-state index is -0.867. The van der Waals surface area contributed by atoms with Gasteiger partial charge in [-0.3, -0.25) is 4.79 Å². The number of allylic oxidation sites excluding steroid dienone is 9. The molecule has 4 heteroatoms. The molecule has 0 aliphatic rings. The maximum absolute atomic E-state index is 12.4. The van der Waals surface area contributed by atoms with Gasteiger partial charge >= 0.3 is 0 Å². The molecule has 308 valence electrons. The molecule has 0 radical (unpaired) electrons. The summed E-state index contributed by atoms with van der Waals surface area (Å²) in [4.78, 5) is 12.4. The molecular formula is C49H89NO3. The van der Waals surface area contributed by atoms with Crippen LogP contribution in [0.15, 0.2) is 60.8 Å². The van der Waals surface area contributed by atoms with Crippen molar-refractivity contribution >= 4 is 5.91 Å². The Kier molecular flexibility index (Phi) is 42.9. The maximum atomic E-state index is 12.4. The number of rotatable bonds is 41. The van der Waals surface area contributed by atoms with Crippen LogP contribution in [0.25, 0.3) is 0 Å². The third kappa shape index (κ3) is 41.1. The molecule has 0 heterocycles. The van der Waals surface area contributed by atoms with E-state index >= 15 is 0 Å². The smallest absolute Gasteiger partial charge is 0.220 e. The minimum Gasteiger partial charge on any atom is -0.394 e. The van der Waals surface area contributed by atoms with Crippen molar-refractivity contribution in [3.05, 3.63) is 60.8 Å². The van der Waals surface area contributed by atoms with Crippen LogP contribution in [0.1, 0.15) is 226 Å². The van der Waals surface area contributed by atoms with E-state index in [4.69, 9.17) is 0 Å². The van der Waals surface area contributed by atoms with E-state index in [1.54, 1.807) is 6.08 Å². The van der Waals surface area contributed by atoms with Gasteiger partial charge in [-0.2, -0.15) is 0 Å². The third-order valence-corrected chi connectivity index (χ3v) is 10.2. The van der Waals surface area contributed by atoms with Crippen LogP contribution >= 0.6 is 0 Å². The predicted molar refractivity (Wildman–Crippen MR) is 234 cm³/mol. The van der Waals surface area contributed by atoms with E-state index in [9.17, 15) is 15.0 Å². The Balaban J connectivity index is 3.64. The number of nitrogens with one attached hydrogen (secondary N) is 1. The van der Waals surface area contributed by atoms with E-state index in [2.05, 4.69) is 67.8 Å². The van der Waals surface area contributed by atoms with Crippen LogP contribution in [0.4, 0.5) is 0 Å². The molecule has 2 atom stereocenters. The van der Waals surface area contributed by atoms with E-state index < -0.39 is 12.1 Å². The quantitative estimate of drug-likeness (QED) is 0.0432. The zero-order valence-electron chi connectivity index (χ0n) is 35.3. The molecule has 0 fully saturated rings. The lowest BCUT2D eigenvalue weighted by Crippen LogP contribution is -2.45. The van der Waals surface area contributed by atoms with Gasteiger partial charge in [-0.15, -0.1) is 0 Å². The van der Waals surface area contributed by atoms with Gasteiger partial charge in [0.15, 0.2) is 0 Å². The second kappa shape index (κ2) is 44.5. The lowest BCUT2D eigenvalue weighted by atomic mass is 10.0. The van der Waals surface area contributed by atoms with Crippen molar-refractivity contribution in [2.24, 2.45) is 0 Å².